The van der Waals surface area contributed by atoms with E-state index in [-0.39, 0.29) is 27.1 Å². The smallest absolute Gasteiger partial charge is 0.251 e. The summed E-state index contributed by atoms with van der Waals surface area (Å²) in [6.45, 7) is 7.36. The molecule has 2 aromatic carbocycles. The fraction of sp³-hybridized carbons (Fsp3) is 0.474. The summed E-state index contributed by atoms with van der Waals surface area (Å²) in [6, 6.07) is 13.1. The van der Waals surface area contributed by atoms with Crippen molar-refractivity contribution in [1.82, 2.24) is 5.32 Å². The molecule has 7 heteroatoms. The Labute approximate surface area is 278 Å². The summed E-state index contributed by atoms with van der Waals surface area (Å²) >= 11 is 12.3. The fourth-order valence-electron chi connectivity index (χ4n) is 5.42. The van der Waals surface area contributed by atoms with Crippen LogP contribution in [0.15, 0.2) is 57.7 Å². The zero-order chi connectivity index (χ0) is 32.6. The highest BCUT2D eigenvalue weighted by Gasteiger charge is 2.20. The highest BCUT2D eigenvalue weighted by atomic mass is 35.5. The van der Waals surface area contributed by atoms with Gasteiger partial charge in [0.05, 0.1) is 10.0 Å². The Morgan fingerprint density at radius 1 is 0.733 bits per heavy atom. The molecule has 0 unspecified atom stereocenters. The monoisotopic (exact) mass is 653 g/mol. The van der Waals surface area contributed by atoms with Gasteiger partial charge in [0, 0.05) is 40.8 Å². The Balaban J connectivity index is 0.000000392. The highest BCUT2D eigenvalue weighted by molar-refractivity contribution is 6.33. The van der Waals surface area contributed by atoms with Crippen LogP contribution in [0.3, 0.4) is 0 Å². The second-order valence-corrected chi connectivity index (χ2v) is 12.6. The zero-order valence-corrected chi connectivity index (χ0v) is 28.7. The van der Waals surface area contributed by atoms with Gasteiger partial charge in [-0.15, -0.1) is 0 Å². The molecule has 45 heavy (non-hydrogen) atoms. The number of nitrogens with one attached hydrogen (secondary N) is 1. The minimum Gasteiger partial charge on any atom is -0.506 e. The Hall–Kier alpha value is -3.02. The summed E-state index contributed by atoms with van der Waals surface area (Å²) in [5.74, 6) is 0.0887. The third-order valence-corrected chi connectivity index (χ3v) is 8.65. The molecular weight excluding hydrogens is 605 g/mol. The first-order valence-corrected chi connectivity index (χ1v) is 17.5. The number of amides is 1. The summed E-state index contributed by atoms with van der Waals surface area (Å²) in [6.07, 6.45) is 18.8. The van der Waals surface area contributed by atoms with Crippen molar-refractivity contribution >= 4 is 40.1 Å². The van der Waals surface area contributed by atoms with E-state index >= 15 is 0 Å². The molecule has 0 fully saturated rings. The SMILES string of the molecule is CCCCCCCCCCCC.CCCCCCNC(=O)c1ccc(-c2c3cc(Cl)c(=O)cc-3oc3cc(O)c(Cl)cc23)cc1. The maximum Gasteiger partial charge on any atom is 0.251 e. The molecule has 2 N–H and O–H groups in total. The first kappa shape index (κ1) is 36.4. The fourth-order valence-corrected chi connectivity index (χ4v) is 5.74. The second-order valence-electron chi connectivity index (χ2n) is 11.8. The minimum atomic E-state index is -0.359. The van der Waals surface area contributed by atoms with E-state index in [0.29, 0.717) is 34.4 Å². The molecule has 1 amide bonds. The van der Waals surface area contributed by atoms with Crippen molar-refractivity contribution in [3.63, 3.8) is 0 Å². The number of phenols is 1. The molecule has 2 aromatic rings. The van der Waals surface area contributed by atoms with Crippen molar-refractivity contribution in [2.75, 3.05) is 6.54 Å². The van der Waals surface area contributed by atoms with E-state index in [2.05, 4.69) is 26.1 Å². The molecule has 0 saturated carbocycles. The molecule has 244 valence electrons. The molecular formula is C38H49Cl2NO4. The molecule has 0 atom stereocenters. The Bertz CT molecular complexity index is 1500. The van der Waals surface area contributed by atoms with Gasteiger partial charge in [0.2, 0.25) is 5.43 Å². The van der Waals surface area contributed by atoms with Gasteiger partial charge in [-0.2, -0.15) is 0 Å². The van der Waals surface area contributed by atoms with E-state index in [4.69, 9.17) is 27.6 Å². The van der Waals surface area contributed by atoms with Crippen LogP contribution in [0.25, 0.3) is 33.4 Å². The summed E-state index contributed by atoms with van der Waals surface area (Å²) < 4.78 is 5.87. The molecule has 4 rings (SSSR count). The van der Waals surface area contributed by atoms with E-state index in [1.54, 1.807) is 24.3 Å². The maximum absolute atomic E-state index is 12.5. The third-order valence-electron chi connectivity index (χ3n) is 8.05. The number of phenolic OH excluding ortho intramolecular Hbond substituents is 1. The van der Waals surface area contributed by atoms with Gasteiger partial charge in [0.15, 0.2) is 0 Å². The first-order valence-electron chi connectivity index (χ1n) is 16.8. The van der Waals surface area contributed by atoms with Gasteiger partial charge < -0.3 is 14.8 Å². The standard InChI is InChI=1S/C26H23Cl2NO4.C12H26/c1-2-3-4-5-10-29-26(32)16-8-6-15(7-9-16)25-17-11-19(27)21(30)13-23(17)33-24-14-22(31)20(28)12-18(24)25;1-3-5-7-9-11-12-10-8-6-4-2/h6-9,11-14,30H,2-5,10H2,1H3,(H,29,32);3-12H2,1-2H3. The van der Waals surface area contributed by atoms with Crippen LogP contribution in [-0.2, 0) is 0 Å². The number of halogens is 2. The molecule has 1 aliphatic carbocycles. The van der Waals surface area contributed by atoms with Crippen LogP contribution in [0.4, 0.5) is 0 Å². The zero-order valence-electron chi connectivity index (χ0n) is 27.2. The molecule has 2 aliphatic rings. The van der Waals surface area contributed by atoms with Crippen LogP contribution in [0.5, 0.6) is 5.75 Å². The number of fused-ring (bicyclic) bond motifs is 2. The van der Waals surface area contributed by atoms with Crippen LogP contribution < -0.4 is 10.7 Å². The van der Waals surface area contributed by atoms with Gasteiger partial charge in [-0.05, 0) is 36.2 Å². The molecule has 0 spiro atoms. The van der Waals surface area contributed by atoms with Gasteiger partial charge in [-0.3, -0.25) is 9.59 Å². The number of unbranched alkanes of at least 4 members (excludes halogenated alkanes) is 12. The van der Waals surface area contributed by atoms with E-state index in [0.717, 1.165) is 36.8 Å². The predicted octanol–water partition coefficient (Wildman–Crippen LogP) is 11.8. The Morgan fingerprint density at radius 2 is 1.29 bits per heavy atom. The van der Waals surface area contributed by atoms with Crippen molar-refractivity contribution in [3.8, 4) is 28.2 Å². The molecule has 0 saturated heterocycles. The van der Waals surface area contributed by atoms with E-state index in [9.17, 15) is 14.7 Å². The number of carbonyl (C=O) groups is 1. The van der Waals surface area contributed by atoms with Crippen molar-refractivity contribution in [3.05, 3.63) is 74.4 Å². The normalized spacial score (nSPS) is 11.0. The largest absolute Gasteiger partial charge is 0.506 e. The quantitative estimate of drug-likeness (QED) is 0.0931. The third kappa shape index (κ3) is 11.1. The van der Waals surface area contributed by atoms with Gasteiger partial charge in [-0.25, -0.2) is 0 Å². The van der Waals surface area contributed by atoms with Crippen LogP contribution >= 0.6 is 23.2 Å². The van der Waals surface area contributed by atoms with Crippen LogP contribution in [0, 0.1) is 0 Å². The van der Waals surface area contributed by atoms with Gasteiger partial charge in [-0.1, -0.05) is 140 Å². The summed E-state index contributed by atoms with van der Waals surface area (Å²) in [7, 11) is 0. The second kappa shape index (κ2) is 19.5. The van der Waals surface area contributed by atoms with Gasteiger partial charge in [0.1, 0.15) is 17.1 Å². The highest BCUT2D eigenvalue weighted by Crippen LogP contribution is 2.43. The number of hydrogen-bond donors (Lipinski definition) is 2. The average molecular weight is 655 g/mol. The Kier molecular flexibility index (Phi) is 15.8. The molecule has 0 bridgehead atoms. The lowest BCUT2D eigenvalue weighted by molar-refractivity contribution is 0.0953. The van der Waals surface area contributed by atoms with E-state index < -0.39 is 0 Å². The van der Waals surface area contributed by atoms with Gasteiger partial charge >= 0.3 is 0 Å². The number of aromatic hydroxyl groups is 1. The number of hydrogen-bond acceptors (Lipinski definition) is 4. The molecule has 1 heterocycles. The van der Waals surface area contributed by atoms with Crippen molar-refractivity contribution in [2.24, 2.45) is 0 Å². The van der Waals surface area contributed by atoms with Crippen LogP contribution in [0.2, 0.25) is 10.0 Å². The van der Waals surface area contributed by atoms with Crippen molar-refractivity contribution in [1.29, 1.82) is 0 Å². The summed E-state index contributed by atoms with van der Waals surface area (Å²) in [5.41, 5.74) is 2.72. The topological polar surface area (TPSA) is 79.5 Å². The minimum absolute atomic E-state index is 0.0715. The number of carbonyl (C=O) groups excluding carboxylic acids is 1. The van der Waals surface area contributed by atoms with Crippen molar-refractivity contribution in [2.45, 2.75) is 111 Å². The lowest BCUT2D eigenvalue weighted by atomic mass is 9.93. The first-order chi connectivity index (χ1) is 21.8. The summed E-state index contributed by atoms with van der Waals surface area (Å²) in [5, 5.41) is 13.9. The van der Waals surface area contributed by atoms with Gasteiger partial charge in [0.25, 0.3) is 5.91 Å². The molecule has 1 aliphatic heterocycles. The summed E-state index contributed by atoms with van der Waals surface area (Å²) in [4.78, 5) is 24.6. The molecule has 0 radical (unpaired) electrons. The average Bonchev–Trinajstić information content (AvgIpc) is 3.03. The lowest BCUT2D eigenvalue weighted by Gasteiger charge is -2.16. The van der Waals surface area contributed by atoms with Crippen molar-refractivity contribution < 1.29 is 14.3 Å². The number of rotatable bonds is 16. The molecule has 5 nitrogen and oxygen atoms in total. The maximum atomic E-state index is 12.5. The molecule has 0 aromatic heterocycles. The van der Waals surface area contributed by atoms with Crippen LogP contribution in [0.1, 0.15) is 121 Å². The Morgan fingerprint density at radius 3 is 1.87 bits per heavy atom. The van der Waals surface area contributed by atoms with E-state index in [1.165, 1.54) is 76.3 Å². The van der Waals surface area contributed by atoms with E-state index in [1.807, 2.05) is 12.1 Å². The lowest BCUT2D eigenvalue weighted by Crippen LogP contribution is -2.24. The predicted molar refractivity (Wildman–Crippen MR) is 190 cm³/mol. The number of benzene rings is 3. The van der Waals surface area contributed by atoms with Crippen LogP contribution in [-0.4, -0.2) is 17.6 Å².